The fourth-order valence-electron chi connectivity index (χ4n) is 2.54. The molecule has 0 bridgehead atoms. The Labute approximate surface area is 123 Å². The van der Waals surface area contributed by atoms with Crippen LogP contribution in [0.2, 0.25) is 0 Å². The van der Waals surface area contributed by atoms with Crippen LogP contribution in [-0.2, 0) is 5.41 Å². The highest BCUT2D eigenvalue weighted by Crippen LogP contribution is 2.28. The number of rotatable bonds is 4. The predicted molar refractivity (Wildman–Crippen MR) is 81.0 cm³/mol. The van der Waals surface area contributed by atoms with Crippen LogP contribution in [0.15, 0.2) is 22.7 Å². The molecular weight excluding hydrogens is 307 g/mol. The van der Waals surface area contributed by atoms with Crippen molar-refractivity contribution in [1.82, 2.24) is 10.6 Å². The van der Waals surface area contributed by atoms with E-state index < -0.39 is 0 Å². The van der Waals surface area contributed by atoms with Gasteiger partial charge in [0, 0.05) is 29.0 Å². The summed E-state index contributed by atoms with van der Waals surface area (Å²) in [6.45, 7) is 7.08. The van der Waals surface area contributed by atoms with E-state index in [2.05, 4.69) is 40.4 Å². The molecule has 0 saturated carbocycles. The Kier molecular flexibility index (Phi) is 4.98. The minimum absolute atomic E-state index is 0.128. The van der Waals surface area contributed by atoms with E-state index in [0.29, 0.717) is 6.04 Å². The lowest BCUT2D eigenvalue weighted by atomic mass is 9.84. The first-order chi connectivity index (χ1) is 8.99. The van der Waals surface area contributed by atoms with Crippen LogP contribution in [0.25, 0.3) is 0 Å². The van der Waals surface area contributed by atoms with Crippen molar-refractivity contribution in [2.45, 2.75) is 38.1 Å². The molecule has 1 fully saturated rings. The molecule has 1 aliphatic rings. The normalized spacial score (nSPS) is 20.5. The average molecular weight is 329 g/mol. The van der Waals surface area contributed by atoms with Crippen molar-refractivity contribution < 1.29 is 4.39 Å². The number of hydrogen-bond acceptors (Lipinski definition) is 2. The van der Waals surface area contributed by atoms with Crippen LogP contribution in [-0.4, -0.2) is 25.7 Å². The fourth-order valence-corrected chi connectivity index (χ4v) is 2.90. The maximum absolute atomic E-state index is 14.0. The number of nitrogens with one attached hydrogen (secondary N) is 2. The first kappa shape index (κ1) is 14.9. The lowest BCUT2D eigenvalue weighted by Gasteiger charge is -2.31. The molecule has 0 aromatic heterocycles. The van der Waals surface area contributed by atoms with E-state index in [1.807, 2.05) is 6.07 Å². The van der Waals surface area contributed by atoms with Gasteiger partial charge < -0.3 is 10.6 Å². The highest BCUT2D eigenvalue weighted by molar-refractivity contribution is 9.10. The third kappa shape index (κ3) is 4.01. The maximum Gasteiger partial charge on any atom is 0.127 e. The second-order valence-corrected chi connectivity index (χ2v) is 6.85. The summed E-state index contributed by atoms with van der Waals surface area (Å²) in [5.41, 5.74) is 0.545. The molecule has 0 spiro atoms. The lowest BCUT2D eigenvalue weighted by Crippen LogP contribution is -2.47. The van der Waals surface area contributed by atoms with E-state index in [0.717, 1.165) is 29.7 Å². The Bertz CT molecular complexity index is 428. The Morgan fingerprint density at radius 1 is 1.47 bits per heavy atom. The molecule has 0 amide bonds. The second-order valence-electron chi connectivity index (χ2n) is 5.93. The molecule has 1 aliphatic heterocycles. The van der Waals surface area contributed by atoms with Crippen molar-refractivity contribution in [2.75, 3.05) is 19.6 Å². The van der Waals surface area contributed by atoms with Crippen molar-refractivity contribution in [3.63, 3.8) is 0 Å². The van der Waals surface area contributed by atoms with Crippen molar-refractivity contribution in [3.05, 3.63) is 34.1 Å². The molecule has 1 aromatic rings. The molecule has 0 radical (unpaired) electrons. The van der Waals surface area contributed by atoms with Crippen LogP contribution in [0.4, 0.5) is 4.39 Å². The van der Waals surface area contributed by atoms with E-state index in [1.54, 1.807) is 6.07 Å². The second kappa shape index (κ2) is 6.33. The van der Waals surface area contributed by atoms with E-state index in [4.69, 9.17) is 0 Å². The Morgan fingerprint density at radius 2 is 2.26 bits per heavy atom. The first-order valence-corrected chi connectivity index (χ1v) is 7.68. The molecule has 1 heterocycles. The zero-order chi connectivity index (χ0) is 13.9. The molecule has 4 heteroatoms. The predicted octanol–water partition coefficient (Wildman–Crippen LogP) is 3.21. The van der Waals surface area contributed by atoms with Gasteiger partial charge >= 0.3 is 0 Å². The van der Waals surface area contributed by atoms with Gasteiger partial charge in [-0.05, 0) is 43.1 Å². The summed E-state index contributed by atoms with van der Waals surface area (Å²) in [5.74, 6) is -0.128. The number of halogens is 2. The zero-order valence-electron chi connectivity index (χ0n) is 11.6. The van der Waals surface area contributed by atoms with Crippen molar-refractivity contribution in [2.24, 2.45) is 0 Å². The summed E-state index contributed by atoms with van der Waals surface area (Å²) in [7, 11) is 0. The fraction of sp³-hybridized carbons (Fsp3) is 0.600. The first-order valence-electron chi connectivity index (χ1n) is 6.89. The van der Waals surface area contributed by atoms with E-state index in [-0.39, 0.29) is 11.2 Å². The van der Waals surface area contributed by atoms with Crippen LogP contribution in [0, 0.1) is 5.82 Å². The summed E-state index contributed by atoms with van der Waals surface area (Å²) < 4.78 is 14.9. The maximum atomic E-state index is 14.0. The Hall–Kier alpha value is -0.450. The smallest absolute Gasteiger partial charge is 0.127 e. The standard InChI is InChI=1S/C15H22BrFN2/c1-15(2,10-19-12-4-3-7-18-9-12)13-8-11(16)5-6-14(13)17/h5-6,8,12,18-19H,3-4,7,9-10H2,1-2H3. The third-order valence-electron chi connectivity index (χ3n) is 3.79. The van der Waals surface area contributed by atoms with Gasteiger partial charge in [-0.25, -0.2) is 4.39 Å². The Morgan fingerprint density at radius 3 is 2.95 bits per heavy atom. The molecule has 1 aromatic carbocycles. The summed E-state index contributed by atoms with van der Waals surface area (Å²) >= 11 is 3.42. The average Bonchev–Trinajstić information content (AvgIpc) is 2.40. The van der Waals surface area contributed by atoms with Crippen LogP contribution in [0.1, 0.15) is 32.3 Å². The van der Waals surface area contributed by atoms with E-state index in [1.165, 1.54) is 18.9 Å². The van der Waals surface area contributed by atoms with Gasteiger partial charge in [0.15, 0.2) is 0 Å². The molecule has 19 heavy (non-hydrogen) atoms. The SMILES string of the molecule is CC(C)(CNC1CCCNC1)c1cc(Br)ccc1F. The van der Waals surface area contributed by atoms with Crippen LogP contribution >= 0.6 is 15.9 Å². The van der Waals surface area contributed by atoms with Crippen molar-refractivity contribution >= 4 is 15.9 Å². The third-order valence-corrected chi connectivity index (χ3v) is 4.28. The topological polar surface area (TPSA) is 24.1 Å². The van der Waals surface area contributed by atoms with Gasteiger partial charge in [0.05, 0.1) is 0 Å². The van der Waals surface area contributed by atoms with Gasteiger partial charge in [0.1, 0.15) is 5.82 Å². The lowest BCUT2D eigenvalue weighted by molar-refractivity contribution is 0.349. The van der Waals surface area contributed by atoms with Crippen molar-refractivity contribution in [1.29, 1.82) is 0 Å². The summed E-state index contributed by atoms with van der Waals surface area (Å²) in [6.07, 6.45) is 2.41. The minimum Gasteiger partial charge on any atom is -0.315 e. The van der Waals surface area contributed by atoms with E-state index in [9.17, 15) is 4.39 Å². The monoisotopic (exact) mass is 328 g/mol. The highest BCUT2D eigenvalue weighted by Gasteiger charge is 2.25. The number of benzene rings is 1. The van der Waals surface area contributed by atoms with Crippen molar-refractivity contribution in [3.8, 4) is 0 Å². The van der Waals surface area contributed by atoms with Gasteiger partial charge in [-0.3, -0.25) is 0 Å². The molecule has 2 rings (SSSR count). The molecule has 1 unspecified atom stereocenters. The van der Waals surface area contributed by atoms with Gasteiger partial charge in [-0.1, -0.05) is 29.8 Å². The van der Waals surface area contributed by atoms with Gasteiger partial charge in [-0.15, -0.1) is 0 Å². The van der Waals surface area contributed by atoms with Gasteiger partial charge in [-0.2, -0.15) is 0 Å². The molecule has 1 atom stereocenters. The van der Waals surface area contributed by atoms with Crippen LogP contribution in [0.5, 0.6) is 0 Å². The van der Waals surface area contributed by atoms with Gasteiger partial charge in [0.2, 0.25) is 0 Å². The quantitative estimate of drug-likeness (QED) is 0.886. The van der Waals surface area contributed by atoms with Crippen LogP contribution < -0.4 is 10.6 Å². The minimum atomic E-state index is -0.217. The molecule has 0 aliphatic carbocycles. The molecule has 2 nitrogen and oxygen atoms in total. The molecule has 2 N–H and O–H groups in total. The zero-order valence-corrected chi connectivity index (χ0v) is 13.2. The molecule has 106 valence electrons. The summed E-state index contributed by atoms with van der Waals surface area (Å²) in [4.78, 5) is 0. The largest absolute Gasteiger partial charge is 0.315 e. The summed E-state index contributed by atoms with van der Waals surface area (Å²) in [5, 5.41) is 6.95. The molecule has 1 saturated heterocycles. The van der Waals surface area contributed by atoms with Gasteiger partial charge in [0.25, 0.3) is 0 Å². The highest BCUT2D eigenvalue weighted by atomic mass is 79.9. The number of hydrogen-bond donors (Lipinski definition) is 2. The molecular formula is C15H22BrFN2. The Balaban J connectivity index is 2.02. The summed E-state index contributed by atoms with van der Waals surface area (Å²) in [6, 6.07) is 5.66. The van der Waals surface area contributed by atoms with E-state index >= 15 is 0 Å². The van der Waals surface area contributed by atoms with Crippen LogP contribution in [0.3, 0.4) is 0 Å². The number of piperidine rings is 1.